The molecule has 0 bridgehead atoms. The van der Waals surface area contributed by atoms with E-state index in [-0.39, 0.29) is 11.6 Å². The molecule has 0 amide bonds. The average Bonchev–Trinajstić information content (AvgIpc) is 3.18. The predicted molar refractivity (Wildman–Crippen MR) is 140 cm³/mol. The Labute approximate surface area is 214 Å². The van der Waals surface area contributed by atoms with Crippen LogP contribution in [0, 0.1) is 6.92 Å². The van der Waals surface area contributed by atoms with E-state index in [1.54, 1.807) is 23.6 Å². The van der Waals surface area contributed by atoms with Gasteiger partial charge in [0.25, 0.3) is 0 Å². The van der Waals surface area contributed by atoms with Gasteiger partial charge in [-0.3, -0.25) is 9.62 Å². The van der Waals surface area contributed by atoms with Crippen molar-refractivity contribution in [2.45, 2.75) is 13.5 Å². The topological polar surface area (TPSA) is 119 Å². The van der Waals surface area contributed by atoms with Gasteiger partial charge in [-0.25, -0.2) is 23.4 Å². The van der Waals surface area contributed by atoms with Crippen LogP contribution in [-0.4, -0.2) is 94.2 Å². The summed E-state index contributed by atoms with van der Waals surface area (Å²) < 4.78 is 43.8. The smallest absolute Gasteiger partial charge is 0.238 e. The summed E-state index contributed by atoms with van der Waals surface area (Å²) in [5.74, 6) is 0.827. The Balaban J connectivity index is 1.65. The van der Waals surface area contributed by atoms with E-state index >= 15 is 0 Å². The van der Waals surface area contributed by atoms with E-state index in [0.29, 0.717) is 37.8 Å². The molecule has 194 valence electrons. The van der Waals surface area contributed by atoms with Crippen molar-refractivity contribution in [2.75, 3.05) is 75.6 Å². The Morgan fingerprint density at radius 1 is 1.11 bits per heavy atom. The average molecular weight is 535 g/mol. The number of fused-ring (bicyclic) bond motifs is 1. The fourth-order valence-electron chi connectivity index (χ4n) is 4.41. The number of aryl methyl sites for hydroxylation is 1. The van der Waals surface area contributed by atoms with E-state index in [2.05, 4.69) is 26.4 Å². The van der Waals surface area contributed by atoms with Crippen LogP contribution in [0.25, 0.3) is 21.5 Å². The first kappa shape index (κ1) is 25.1. The van der Waals surface area contributed by atoms with Gasteiger partial charge in [-0.15, -0.1) is 11.3 Å². The number of sulfonamides is 1. The fourth-order valence-corrected chi connectivity index (χ4v) is 6.07. The van der Waals surface area contributed by atoms with Crippen molar-refractivity contribution in [2.24, 2.45) is 0 Å². The molecule has 5 rings (SSSR count). The zero-order valence-corrected chi connectivity index (χ0v) is 22.2. The fraction of sp³-hybridized carbons (Fsp3) is 0.522. The molecule has 2 aliphatic rings. The van der Waals surface area contributed by atoms with Gasteiger partial charge in [-0.2, -0.15) is 0 Å². The second kappa shape index (κ2) is 10.4. The minimum atomic E-state index is -3.53. The molecule has 0 atom stereocenters. The van der Waals surface area contributed by atoms with E-state index in [9.17, 15) is 8.42 Å². The molecule has 36 heavy (non-hydrogen) atoms. The van der Waals surface area contributed by atoms with E-state index in [1.807, 2.05) is 0 Å². The zero-order chi connectivity index (χ0) is 25.3. The summed E-state index contributed by atoms with van der Waals surface area (Å²) in [7, 11) is -2.08. The maximum Gasteiger partial charge on any atom is 0.238 e. The van der Waals surface area contributed by atoms with Crippen molar-refractivity contribution in [1.29, 1.82) is 0 Å². The van der Waals surface area contributed by atoms with Gasteiger partial charge in [0.15, 0.2) is 0 Å². The van der Waals surface area contributed by atoms with Crippen molar-refractivity contribution in [3.05, 3.63) is 22.7 Å². The Bertz CT molecular complexity index is 1350. The minimum absolute atomic E-state index is 0.193. The number of pyridine rings is 1. The van der Waals surface area contributed by atoms with Gasteiger partial charge < -0.3 is 19.1 Å². The van der Waals surface area contributed by atoms with E-state index in [1.165, 1.54) is 17.6 Å². The summed E-state index contributed by atoms with van der Waals surface area (Å²) in [6.07, 6.45) is 2.76. The third-order valence-electron chi connectivity index (χ3n) is 6.21. The molecule has 0 saturated carbocycles. The number of methoxy groups -OCH3 is 1. The van der Waals surface area contributed by atoms with E-state index in [0.717, 1.165) is 55.0 Å². The van der Waals surface area contributed by atoms with Crippen LogP contribution in [0.2, 0.25) is 0 Å². The Morgan fingerprint density at radius 2 is 1.81 bits per heavy atom. The van der Waals surface area contributed by atoms with Crippen molar-refractivity contribution in [1.82, 2.24) is 19.9 Å². The lowest BCUT2D eigenvalue weighted by atomic mass is 10.1. The quantitative estimate of drug-likeness (QED) is 0.483. The van der Waals surface area contributed by atoms with Crippen LogP contribution >= 0.6 is 11.3 Å². The number of rotatable bonds is 7. The molecular formula is C23H30N6O5S2. The number of morpholine rings is 2. The Hall–Kier alpha value is -2.58. The van der Waals surface area contributed by atoms with Gasteiger partial charge in [0.05, 0.1) is 55.7 Å². The number of nitrogens with zero attached hydrogens (tertiary/aromatic N) is 5. The highest BCUT2D eigenvalue weighted by atomic mass is 32.2. The normalized spacial score (nSPS) is 17.5. The molecular weight excluding hydrogens is 504 g/mol. The molecule has 1 N–H and O–H groups in total. The predicted octanol–water partition coefficient (Wildman–Crippen LogP) is 2.11. The van der Waals surface area contributed by atoms with Gasteiger partial charge >= 0.3 is 0 Å². The lowest BCUT2D eigenvalue weighted by molar-refractivity contribution is 0.0343. The first-order valence-corrected chi connectivity index (χ1v) is 14.5. The Kier molecular flexibility index (Phi) is 7.26. The highest BCUT2D eigenvalue weighted by Gasteiger charge is 2.24. The molecule has 0 spiro atoms. The van der Waals surface area contributed by atoms with Crippen LogP contribution in [0.4, 0.5) is 11.6 Å². The summed E-state index contributed by atoms with van der Waals surface area (Å²) in [5, 5.41) is 0. The second-order valence-corrected chi connectivity index (χ2v) is 11.8. The van der Waals surface area contributed by atoms with Crippen molar-refractivity contribution in [3.8, 4) is 17.1 Å². The molecule has 2 fully saturated rings. The monoisotopic (exact) mass is 534 g/mol. The SMILES string of the molecule is COc1ncc(-c2nc(N3CCOCC3)nc3c(CN4CCOCC4)c(C)sc23)cc1NS(C)(=O)=O. The number of anilines is 2. The van der Waals surface area contributed by atoms with E-state index < -0.39 is 10.0 Å². The highest BCUT2D eigenvalue weighted by Crippen LogP contribution is 2.39. The van der Waals surface area contributed by atoms with Crippen LogP contribution in [0.15, 0.2) is 12.3 Å². The second-order valence-electron chi connectivity index (χ2n) is 8.83. The summed E-state index contributed by atoms with van der Waals surface area (Å²) in [6.45, 7) is 8.77. The number of hydrogen-bond acceptors (Lipinski definition) is 11. The lowest BCUT2D eigenvalue weighted by Gasteiger charge is -2.28. The molecule has 13 heteroatoms. The van der Waals surface area contributed by atoms with Crippen LogP contribution in [0.5, 0.6) is 5.88 Å². The standard InChI is InChI=1S/C23H30N6O5S2/c1-15-17(14-28-4-8-33-9-5-28)20-21(35-15)19(25-23(26-20)29-6-10-34-11-7-29)16-12-18(27-36(3,30)31)22(32-2)24-13-16/h12-13,27H,4-11,14H2,1-3H3. The molecule has 3 aromatic heterocycles. The summed E-state index contributed by atoms with van der Waals surface area (Å²) in [6, 6.07) is 1.72. The van der Waals surface area contributed by atoms with Crippen LogP contribution in [-0.2, 0) is 26.0 Å². The van der Waals surface area contributed by atoms with Gasteiger partial charge in [-0.05, 0) is 13.0 Å². The molecule has 0 aliphatic carbocycles. The van der Waals surface area contributed by atoms with Crippen LogP contribution in [0.3, 0.4) is 0 Å². The Morgan fingerprint density at radius 3 is 2.47 bits per heavy atom. The van der Waals surface area contributed by atoms with Crippen LogP contribution in [0.1, 0.15) is 10.4 Å². The highest BCUT2D eigenvalue weighted by molar-refractivity contribution is 7.92. The lowest BCUT2D eigenvalue weighted by Crippen LogP contribution is -2.37. The number of thiophene rings is 1. The van der Waals surface area contributed by atoms with Crippen molar-refractivity contribution < 1.29 is 22.6 Å². The maximum absolute atomic E-state index is 12.0. The minimum Gasteiger partial charge on any atom is -0.480 e. The van der Waals surface area contributed by atoms with Gasteiger partial charge in [0.1, 0.15) is 5.69 Å². The molecule has 5 heterocycles. The van der Waals surface area contributed by atoms with Gasteiger partial charge in [0.2, 0.25) is 21.9 Å². The molecule has 2 aliphatic heterocycles. The largest absolute Gasteiger partial charge is 0.480 e. The van der Waals surface area contributed by atoms with E-state index in [4.69, 9.17) is 24.2 Å². The molecule has 11 nitrogen and oxygen atoms in total. The molecule has 0 unspecified atom stereocenters. The van der Waals surface area contributed by atoms with Gasteiger partial charge in [-0.1, -0.05) is 0 Å². The third-order valence-corrected chi connectivity index (χ3v) is 7.95. The molecule has 0 radical (unpaired) electrons. The molecule has 0 aromatic carbocycles. The zero-order valence-electron chi connectivity index (χ0n) is 20.6. The first-order chi connectivity index (χ1) is 17.3. The number of nitrogens with one attached hydrogen (secondary N) is 1. The van der Waals surface area contributed by atoms with Crippen LogP contribution < -0.4 is 14.4 Å². The number of aromatic nitrogens is 3. The summed E-state index contributed by atoms with van der Waals surface area (Å²) >= 11 is 1.65. The summed E-state index contributed by atoms with van der Waals surface area (Å²) in [5.41, 5.74) is 3.77. The molecule has 3 aromatic rings. The van der Waals surface area contributed by atoms with Gasteiger partial charge in [0, 0.05) is 54.9 Å². The maximum atomic E-state index is 12.0. The first-order valence-electron chi connectivity index (χ1n) is 11.8. The summed E-state index contributed by atoms with van der Waals surface area (Å²) in [4.78, 5) is 20.1. The number of ether oxygens (including phenoxy) is 3. The third kappa shape index (κ3) is 5.39. The number of hydrogen-bond donors (Lipinski definition) is 1. The van der Waals surface area contributed by atoms with Crippen molar-refractivity contribution >= 4 is 43.2 Å². The van der Waals surface area contributed by atoms with Crippen molar-refractivity contribution in [3.63, 3.8) is 0 Å². The molecule has 2 saturated heterocycles.